The van der Waals surface area contributed by atoms with E-state index >= 15 is 0 Å². The summed E-state index contributed by atoms with van der Waals surface area (Å²) in [5.74, 6) is 0. The van der Waals surface area contributed by atoms with E-state index < -0.39 is 0 Å². The molecule has 0 saturated heterocycles. The summed E-state index contributed by atoms with van der Waals surface area (Å²) in [4.78, 5) is 4.77. The Kier molecular flexibility index (Phi) is 4.08. The molecule has 0 saturated carbocycles. The largest absolute Gasteiger partial charge is 0.256 e. The molecule has 7 rings (SSSR count). The summed E-state index contributed by atoms with van der Waals surface area (Å²) in [6.45, 7) is 0. The maximum atomic E-state index is 4.77. The first-order valence-electron chi connectivity index (χ1n) is 11.1. The van der Waals surface area contributed by atoms with Gasteiger partial charge in [0.15, 0.2) is 0 Å². The van der Waals surface area contributed by atoms with Crippen LogP contribution in [0.5, 0.6) is 0 Å². The van der Waals surface area contributed by atoms with Gasteiger partial charge >= 0.3 is 0 Å². The fourth-order valence-corrected chi connectivity index (χ4v) is 6.09. The van der Waals surface area contributed by atoms with Crippen LogP contribution in [0.2, 0.25) is 0 Å². The van der Waals surface area contributed by atoms with Gasteiger partial charge in [0.1, 0.15) is 0 Å². The highest BCUT2D eigenvalue weighted by Crippen LogP contribution is 2.41. The second kappa shape index (κ2) is 7.26. The average molecular weight is 438 g/mol. The van der Waals surface area contributed by atoms with Crippen molar-refractivity contribution in [3.63, 3.8) is 0 Å². The molecule has 0 amide bonds. The minimum atomic E-state index is 1.06. The Balaban J connectivity index is 1.52. The van der Waals surface area contributed by atoms with Crippen molar-refractivity contribution in [1.29, 1.82) is 0 Å². The molecular weight excluding hydrogens is 418 g/mol. The summed E-state index contributed by atoms with van der Waals surface area (Å²) < 4.78 is 2.67. The molecule has 7 aromatic rings. The van der Waals surface area contributed by atoms with Crippen LogP contribution in [-0.2, 0) is 0 Å². The van der Waals surface area contributed by atoms with Crippen LogP contribution in [0, 0.1) is 0 Å². The van der Waals surface area contributed by atoms with E-state index in [1.807, 2.05) is 23.6 Å². The van der Waals surface area contributed by atoms with E-state index in [2.05, 4.69) is 103 Å². The third-order valence-corrected chi connectivity index (χ3v) is 7.67. The third-order valence-electron chi connectivity index (χ3n) is 6.52. The molecule has 154 valence electrons. The smallest absolute Gasteiger partial charge is 0.0786 e. The van der Waals surface area contributed by atoms with E-state index in [0.29, 0.717) is 0 Å². The van der Waals surface area contributed by atoms with Crippen molar-refractivity contribution in [1.82, 2.24) is 4.98 Å². The highest BCUT2D eigenvalue weighted by molar-refractivity contribution is 7.25. The minimum absolute atomic E-state index is 1.06. The Bertz CT molecular complexity index is 1830. The number of pyridine rings is 1. The molecule has 0 aliphatic carbocycles. The number of fused-ring (bicyclic) bond motifs is 6. The van der Waals surface area contributed by atoms with Crippen LogP contribution in [0.1, 0.15) is 0 Å². The number of hydrogen-bond donors (Lipinski definition) is 0. The van der Waals surface area contributed by atoms with E-state index in [0.717, 1.165) is 5.52 Å². The topological polar surface area (TPSA) is 12.9 Å². The Morgan fingerprint density at radius 3 is 2.24 bits per heavy atom. The molecule has 0 atom stereocenters. The molecule has 5 aromatic carbocycles. The zero-order valence-electron chi connectivity index (χ0n) is 17.8. The predicted octanol–water partition coefficient (Wildman–Crippen LogP) is 9.09. The van der Waals surface area contributed by atoms with Crippen molar-refractivity contribution in [2.45, 2.75) is 0 Å². The monoisotopic (exact) mass is 437 g/mol. The molecule has 1 nitrogen and oxygen atoms in total. The Morgan fingerprint density at radius 1 is 0.515 bits per heavy atom. The molecule has 0 radical (unpaired) electrons. The van der Waals surface area contributed by atoms with Crippen molar-refractivity contribution >= 4 is 53.2 Å². The lowest BCUT2D eigenvalue weighted by Crippen LogP contribution is -1.89. The van der Waals surface area contributed by atoms with Gasteiger partial charge < -0.3 is 0 Å². The fraction of sp³-hybridized carbons (Fsp3) is 0. The summed E-state index contributed by atoms with van der Waals surface area (Å²) >= 11 is 1.86. The van der Waals surface area contributed by atoms with Crippen molar-refractivity contribution in [2.75, 3.05) is 0 Å². The Hall–Kier alpha value is -4.01. The van der Waals surface area contributed by atoms with Gasteiger partial charge in [-0.25, -0.2) is 0 Å². The van der Waals surface area contributed by atoms with Gasteiger partial charge in [-0.1, -0.05) is 84.9 Å². The molecular formula is C31H19NS. The van der Waals surface area contributed by atoms with Crippen molar-refractivity contribution < 1.29 is 0 Å². The van der Waals surface area contributed by atoms with E-state index in [9.17, 15) is 0 Å². The van der Waals surface area contributed by atoms with Crippen molar-refractivity contribution in [3.05, 3.63) is 115 Å². The molecule has 0 bridgehead atoms. The summed E-state index contributed by atoms with van der Waals surface area (Å²) in [5, 5.41) is 6.25. The number of benzene rings is 5. The highest BCUT2D eigenvalue weighted by Gasteiger charge is 2.14. The van der Waals surface area contributed by atoms with Gasteiger partial charge in [0, 0.05) is 37.1 Å². The number of rotatable bonds is 2. The summed E-state index contributed by atoms with van der Waals surface area (Å²) in [7, 11) is 0. The normalized spacial score (nSPS) is 11.6. The van der Waals surface area contributed by atoms with Crippen molar-refractivity contribution in [3.8, 4) is 22.3 Å². The number of thiophene rings is 1. The molecule has 0 spiro atoms. The van der Waals surface area contributed by atoms with Gasteiger partial charge in [0.05, 0.1) is 5.52 Å². The van der Waals surface area contributed by atoms with Crippen LogP contribution >= 0.6 is 11.3 Å². The van der Waals surface area contributed by atoms with Gasteiger partial charge in [-0.2, -0.15) is 0 Å². The zero-order valence-corrected chi connectivity index (χ0v) is 18.6. The number of nitrogens with zero attached hydrogens (tertiary/aromatic N) is 1. The van der Waals surface area contributed by atoms with E-state index in [-0.39, 0.29) is 0 Å². The van der Waals surface area contributed by atoms with Crippen LogP contribution in [0.25, 0.3) is 64.1 Å². The first-order valence-corrected chi connectivity index (χ1v) is 12.0. The standard InChI is InChI=1S/C31H19NS/c1-2-10-24(26-12-5-7-20-14-15-21-8-6-18-32-31(21)30(20)26)23(9-1)22-16-17-29-27(19-22)25-11-3-4-13-28(25)33-29/h1-19H. The Morgan fingerprint density at radius 2 is 1.27 bits per heavy atom. The van der Waals surface area contributed by atoms with Gasteiger partial charge in [-0.15, -0.1) is 11.3 Å². The highest BCUT2D eigenvalue weighted by atomic mass is 32.1. The Labute approximate surface area is 195 Å². The predicted molar refractivity (Wildman–Crippen MR) is 143 cm³/mol. The van der Waals surface area contributed by atoms with Gasteiger partial charge in [0.2, 0.25) is 0 Å². The molecule has 0 aliphatic heterocycles. The average Bonchev–Trinajstić information content (AvgIpc) is 3.26. The fourth-order valence-electron chi connectivity index (χ4n) is 5.00. The van der Waals surface area contributed by atoms with Crippen LogP contribution in [-0.4, -0.2) is 4.98 Å². The lowest BCUT2D eigenvalue weighted by Gasteiger charge is -2.14. The first kappa shape index (κ1) is 18.6. The second-order valence-electron chi connectivity index (χ2n) is 8.40. The number of hydrogen-bond acceptors (Lipinski definition) is 2. The quantitative estimate of drug-likeness (QED) is 0.246. The lowest BCUT2D eigenvalue weighted by molar-refractivity contribution is 1.43. The molecule has 2 heterocycles. The first-order chi connectivity index (χ1) is 16.4. The molecule has 33 heavy (non-hydrogen) atoms. The van der Waals surface area contributed by atoms with Crippen LogP contribution < -0.4 is 0 Å². The maximum absolute atomic E-state index is 4.77. The molecule has 0 N–H and O–H groups in total. The van der Waals surface area contributed by atoms with Gasteiger partial charge in [-0.3, -0.25) is 4.98 Å². The van der Waals surface area contributed by atoms with Crippen LogP contribution in [0.4, 0.5) is 0 Å². The maximum Gasteiger partial charge on any atom is 0.0786 e. The van der Waals surface area contributed by atoms with E-state index in [1.165, 1.54) is 58.6 Å². The number of aromatic nitrogens is 1. The summed E-state index contributed by atoms with van der Waals surface area (Å²) in [6.07, 6.45) is 1.89. The van der Waals surface area contributed by atoms with Gasteiger partial charge in [-0.05, 0) is 51.9 Å². The minimum Gasteiger partial charge on any atom is -0.256 e. The van der Waals surface area contributed by atoms with E-state index in [1.54, 1.807) is 0 Å². The van der Waals surface area contributed by atoms with Crippen LogP contribution in [0.3, 0.4) is 0 Å². The van der Waals surface area contributed by atoms with Crippen LogP contribution in [0.15, 0.2) is 115 Å². The molecule has 0 unspecified atom stereocenters. The summed E-state index contributed by atoms with van der Waals surface area (Å²) in [6, 6.07) is 39.4. The molecule has 0 fully saturated rings. The second-order valence-corrected chi connectivity index (χ2v) is 9.48. The zero-order chi connectivity index (χ0) is 21.8. The SMILES string of the molecule is c1ccc(-c2cccc3ccc4cccnc4c23)c(-c2ccc3sc4ccccc4c3c2)c1. The molecule has 2 heteroatoms. The van der Waals surface area contributed by atoms with E-state index in [4.69, 9.17) is 4.98 Å². The van der Waals surface area contributed by atoms with Crippen molar-refractivity contribution in [2.24, 2.45) is 0 Å². The van der Waals surface area contributed by atoms with Gasteiger partial charge in [0.25, 0.3) is 0 Å². The summed E-state index contributed by atoms with van der Waals surface area (Å²) in [5.41, 5.74) is 6.00. The molecule has 0 aliphatic rings. The third kappa shape index (κ3) is 2.88. The molecule has 2 aromatic heterocycles. The lowest BCUT2D eigenvalue weighted by atomic mass is 9.90.